The number of anilines is 1. The van der Waals surface area contributed by atoms with Gasteiger partial charge in [-0.05, 0) is 45.3 Å². The fraction of sp³-hybridized carbons (Fsp3) is 0.250. The van der Waals surface area contributed by atoms with Gasteiger partial charge in [0.05, 0.1) is 9.79 Å². The van der Waals surface area contributed by atoms with Crippen LogP contribution in [0.15, 0.2) is 73.8 Å². The van der Waals surface area contributed by atoms with Gasteiger partial charge in [-0.3, -0.25) is 0 Å². The maximum Gasteiger partial charge on any atom is 0.233 e. The first kappa shape index (κ1) is 22.4. The molecule has 7 nitrogen and oxygen atoms in total. The number of benzene rings is 2. The van der Waals surface area contributed by atoms with Crippen LogP contribution >= 0.6 is 11.3 Å². The van der Waals surface area contributed by atoms with Gasteiger partial charge in [-0.1, -0.05) is 47.2 Å². The summed E-state index contributed by atoms with van der Waals surface area (Å²) in [4.78, 5) is 6.16. The Kier molecular flexibility index (Phi) is 6.61. The third-order valence-electron chi connectivity index (χ3n) is 4.29. The van der Waals surface area contributed by atoms with E-state index in [1.54, 1.807) is 30.3 Å². The quantitative estimate of drug-likeness (QED) is 0.546. The Morgan fingerprint density at radius 1 is 0.900 bits per heavy atom. The molecule has 1 heterocycles. The average Bonchev–Trinajstić information content (AvgIpc) is 3.15. The van der Waals surface area contributed by atoms with Gasteiger partial charge in [0.15, 0.2) is 5.03 Å². The summed E-state index contributed by atoms with van der Waals surface area (Å²) in [5.74, 6) is 0. The molecular weight excluding hydrogens is 442 g/mol. The molecule has 0 aliphatic carbocycles. The summed E-state index contributed by atoms with van der Waals surface area (Å²) in [6.45, 7) is 2.94. The summed E-state index contributed by atoms with van der Waals surface area (Å²) in [6, 6.07) is 14.2. The summed E-state index contributed by atoms with van der Waals surface area (Å²) in [5, 5.41) is 2.99. The number of rotatable bonds is 8. The van der Waals surface area contributed by atoms with Crippen molar-refractivity contribution in [1.82, 2.24) is 9.88 Å². The van der Waals surface area contributed by atoms with Crippen LogP contribution in [0.3, 0.4) is 0 Å². The van der Waals surface area contributed by atoms with Gasteiger partial charge in [-0.25, -0.2) is 21.8 Å². The minimum absolute atomic E-state index is 0.0673. The smallest absolute Gasteiger partial charge is 0.233 e. The van der Waals surface area contributed by atoms with Gasteiger partial charge in [0.1, 0.15) is 5.00 Å². The van der Waals surface area contributed by atoms with Crippen LogP contribution in [-0.4, -0.2) is 53.9 Å². The zero-order valence-corrected chi connectivity index (χ0v) is 19.3. The summed E-state index contributed by atoms with van der Waals surface area (Å²) >= 11 is 0.830. The molecule has 0 amide bonds. The normalized spacial score (nSPS) is 12.3. The molecule has 1 N–H and O–H groups in total. The first-order valence-corrected chi connectivity index (χ1v) is 12.9. The topological polar surface area (TPSA) is 96.4 Å². The second-order valence-corrected chi connectivity index (χ2v) is 12.0. The lowest BCUT2D eigenvalue weighted by molar-refractivity contribution is 0.425. The number of hydrogen-bond donors (Lipinski definition) is 1. The first-order valence-electron chi connectivity index (χ1n) is 9.13. The van der Waals surface area contributed by atoms with Crippen LogP contribution in [0, 0.1) is 6.92 Å². The molecule has 0 atom stereocenters. The van der Waals surface area contributed by atoms with E-state index >= 15 is 0 Å². The molecule has 30 heavy (non-hydrogen) atoms. The average molecular weight is 466 g/mol. The number of likely N-dealkylation sites (N-methyl/N-ethyl adjacent to an activating group) is 1. The molecule has 2 aromatic carbocycles. The molecule has 0 fully saturated rings. The van der Waals surface area contributed by atoms with Crippen molar-refractivity contribution in [2.45, 2.75) is 26.1 Å². The van der Waals surface area contributed by atoms with Gasteiger partial charge in [0.25, 0.3) is 0 Å². The highest BCUT2D eigenvalue weighted by atomic mass is 32.2. The van der Waals surface area contributed by atoms with Gasteiger partial charge in [-0.2, -0.15) is 0 Å². The highest BCUT2D eigenvalue weighted by Gasteiger charge is 2.31. The maximum atomic E-state index is 13.2. The highest BCUT2D eigenvalue weighted by Crippen LogP contribution is 2.36. The number of hydrogen-bond acceptors (Lipinski definition) is 8. The lowest BCUT2D eigenvalue weighted by Crippen LogP contribution is -2.21. The Morgan fingerprint density at radius 2 is 1.50 bits per heavy atom. The van der Waals surface area contributed by atoms with Crippen LogP contribution < -0.4 is 5.32 Å². The molecule has 1 aromatic heterocycles. The molecular formula is C20H23N3O4S3. The van der Waals surface area contributed by atoms with E-state index in [-0.39, 0.29) is 24.2 Å². The van der Waals surface area contributed by atoms with Crippen molar-refractivity contribution >= 4 is 36.0 Å². The van der Waals surface area contributed by atoms with Crippen LogP contribution in [-0.2, 0) is 19.7 Å². The van der Waals surface area contributed by atoms with E-state index in [2.05, 4.69) is 10.3 Å². The number of sulfone groups is 2. The molecule has 160 valence electrons. The molecule has 0 saturated heterocycles. The number of aromatic nitrogens is 1. The lowest BCUT2D eigenvalue weighted by atomic mass is 10.2. The van der Waals surface area contributed by atoms with Crippen molar-refractivity contribution in [2.24, 2.45) is 0 Å². The number of aryl methyl sites for hydroxylation is 1. The van der Waals surface area contributed by atoms with E-state index in [1.807, 2.05) is 25.9 Å². The van der Waals surface area contributed by atoms with E-state index < -0.39 is 19.7 Å². The number of nitrogens with one attached hydrogen (secondary N) is 1. The Bertz CT molecular complexity index is 1220. The van der Waals surface area contributed by atoms with Crippen molar-refractivity contribution < 1.29 is 16.8 Å². The zero-order chi connectivity index (χ0) is 21.9. The van der Waals surface area contributed by atoms with Crippen molar-refractivity contribution in [2.75, 3.05) is 32.5 Å². The molecule has 3 aromatic rings. The molecule has 0 radical (unpaired) electrons. The third-order valence-corrected chi connectivity index (χ3v) is 9.28. The predicted octanol–water partition coefficient (Wildman–Crippen LogP) is 3.09. The van der Waals surface area contributed by atoms with Gasteiger partial charge in [0, 0.05) is 13.1 Å². The standard InChI is InChI=1S/C20H23N3O4S3/c1-15-9-11-17(12-10-15)29(24,25)19-18(21-13-14-23(2)3)28-20(22-19)30(26,27)16-7-5-4-6-8-16/h4-12,21H,13-14H2,1-3H3. The summed E-state index contributed by atoms with van der Waals surface area (Å²) in [5.41, 5.74) is 0.920. The minimum Gasteiger partial charge on any atom is -0.373 e. The van der Waals surface area contributed by atoms with Crippen molar-refractivity contribution in [3.63, 3.8) is 0 Å². The minimum atomic E-state index is -4.00. The van der Waals surface area contributed by atoms with Crippen LogP contribution in [0.4, 0.5) is 5.00 Å². The Morgan fingerprint density at radius 3 is 2.10 bits per heavy atom. The molecule has 10 heteroatoms. The van der Waals surface area contributed by atoms with Gasteiger partial charge < -0.3 is 10.2 Å². The summed E-state index contributed by atoms with van der Waals surface area (Å²) in [6.07, 6.45) is 0. The second kappa shape index (κ2) is 8.84. The molecule has 0 bridgehead atoms. The molecule has 0 saturated carbocycles. The van der Waals surface area contributed by atoms with Crippen LogP contribution in [0.5, 0.6) is 0 Å². The number of nitrogens with zero attached hydrogens (tertiary/aromatic N) is 2. The summed E-state index contributed by atoms with van der Waals surface area (Å²) < 4.78 is 52.2. The SMILES string of the molecule is Cc1ccc(S(=O)(=O)c2nc(S(=O)(=O)c3ccccc3)sc2NCCN(C)C)cc1. The van der Waals surface area contributed by atoms with E-state index in [9.17, 15) is 16.8 Å². The second-order valence-electron chi connectivity index (χ2n) is 6.98. The fourth-order valence-electron chi connectivity index (χ4n) is 2.62. The maximum absolute atomic E-state index is 13.2. The fourth-order valence-corrected chi connectivity index (χ4v) is 6.96. The van der Waals surface area contributed by atoms with Crippen LogP contribution in [0.2, 0.25) is 0 Å². The number of thiazole rings is 1. The van der Waals surface area contributed by atoms with Crippen molar-refractivity contribution in [3.05, 3.63) is 60.2 Å². The molecule has 0 aliphatic rings. The van der Waals surface area contributed by atoms with Crippen molar-refractivity contribution in [3.8, 4) is 0 Å². The van der Waals surface area contributed by atoms with E-state index in [1.165, 1.54) is 24.3 Å². The Labute approximate surface area is 181 Å². The molecule has 0 aliphatic heterocycles. The Hall–Kier alpha value is -2.27. The zero-order valence-electron chi connectivity index (χ0n) is 16.9. The van der Waals surface area contributed by atoms with E-state index in [4.69, 9.17) is 0 Å². The molecule has 3 rings (SSSR count). The van der Waals surface area contributed by atoms with Gasteiger partial charge in [-0.15, -0.1) is 0 Å². The van der Waals surface area contributed by atoms with E-state index in [0.717, 1.165) is 16.9 Å². The lowest BCUT2D eigenvalue weighted by Gasteiger charge is -2.11. The first-order chi connectivity index (χ1) is 14.1. The molecule has 0 spiro atoms. The molecule has 0 unspecified atom stereocenters. The van der Waals surface area contributed by atoms with E-state index in [0.29, 0.717) is 13.1 Å². The largest absolute Gasteiger partial charge is 0.373 e. The summed E-state index contributed by atoms with van der Waals surface area (Å²) in [7, 11) is -4.15. The van der Waals surface area contributed by atoms with Gasteiger partial charge >= 0.3 is 0 Å². The van der Waals surface area contributed by atoms with Crippen LogP contribution in [0.1, 0.15) is 5.56 Å². The predicted molar refractivity (Wildman–Crippen MR) is 118 cm³/mol. The van der Waals surface area contributed by atoms with Crippen molar-refractivity contribution in [1.29, 1.82) is 0 Å². The monoisotopic (exact) mass is 465 g/mol. The van der Waals surface area contributed by atoms with Crippen LogP contribution in [0.25, 0.3) is 0 Å². The Balaban J connectivity index is 2.10. The third kappa shape index (κ3) is 4.72. The van der Waals surface area contributed by atoms with Gasteiger partial charge in [0.2, 0.25) is 24.0 Å². The highest BCUT2D eigenvalue weighted by molar-refractivity contribution is 7.94.